The Labute approximate surface area is 150 Å². The first-order valence-electron chi connectivity index (χ1n) is 8.40. The minimum atomic E-state index is -3.04. The van der Waals surface area contributed by atoms with Crippen molar-refractivity contribution in [3.05, 3.63) is 27.5 Å². The number of aryl methyl sites for hydroxylation is 3. The maximum atomic E-state index is 12.9. The zero-order valence-corrected chi connectivity index (χ0v) is 15.8. The number of anilines is 1. The molecule has 0 unspecified atom stereocenters. The van der Waals surface area contributed by atoms with Crippen molar-refractivity contribution in [1.29, 1.82) is 0 Å². The third kappa shape index (κ3) is 2.99. The lowest BCUT2D eigenvalue weighted by molar-refractivity contribution is 0.101. The van der Waals surface area contributed by atoms with Crippen LogP contribution >= 0.6 is 11.3 Å². The van der Waals surface area contributed by atoms with Crippen LogP contribution < -0.4 is 5.32 Å². The topological polar surface area (TPSA) is 93.9 Å². The van der Waals surface area contributed by atoms with Crippen LogP contribution in [-0.4, -0.2) is 40.6 Å². The first-order valence-corrected chi connectivity index (χ1v) is 11.0. The van der Waals surface area contributed by atoms with Crippen LogP contribution in [0.25, 0.3) is 0 Å². The maximum absolute atomic E-state index is 12.9. The molecule has 0 radical (unpaired) electrons. The number of amides is 1. The lowest BCUT2D eigenvalue weighted by Crippen LogP contribution is -2.23. The number of aromatic nitrogens is 3. The van der Waals surface area contributed by atoms with E-state index in [-0.39, 0.29) is 23.5 Å². The Balaban J connectivity index is 1.69. The van der Waals surface area contributed by atoms with Gasteiger partial charge in [-0.2, -0.15) is 5.10 Å². The van der Waals surface area contributed by atoms with Gasteiger partial charge in [0.1, 0.15) is 5.69 Å². The van der Waals surface area contributed by atoms with Crippen molar-refractivity contribution in [2.75, 3.05) is 16.8 Å². The number of carbonyl (C=O) groups excluding carboxylic acids is 1. The molecule has 0 aromatic carbocycles. The number of fused-ring (bicyclic) bond motifs is 1. The summed E-state index contributed by atoms with van der Waals surface area (Å²) in [5, 5.41) is 8.04. The summed E-state index contributed by atoms with van der Waals surface area (Å²) in [7, 11) is -3.04. The molecular weight excluding hydrogens is 360 g/mol. The minimum Gasteiger partial charge on any atom is -0.296 e. The average molecular weight is 380 g/mol. The number of carbonyl (C=O) groups is 1. The largest absolute Gasteiger partial charge is 0.296 e. The van der Waals surface area contributed by atoms with Gasteiger partial charge in [0.05, 0.1) is 28.9 Å². The molecule has 2 aliphatic rings. The van der Waals surface area contributed by atoms with Crippen LogP contribution in [0.4, 0.5) is 5.13 Å². The van der Waals surface area contributed by atoms with Crippen LogP contribution in [-0.2, 0) is 22.7 Å². The summed E-state index contributed by atoms with van der Waals surface area (Å²) in [6, 6.07) is -0.254. The molecular formula is C16H20N4O3S2. The van der Waals surface area contributed by atoms with Gasteiger partial charge in [0.2, 0.25) is 0 Å². The molecule has 0 bridgehead atoms. The quantitative estimate of drug-likeness (QED) is 0.880. The summed E-state index contributed by atoms with van der Waals surface area (Å²) in [4.78, 5) is 18.4. The monoisotopic (exact) mass is 380 g/mol. The van der Waals surface area contributed by atoms with Gasteiger partial charge in [0.15, 0.2) is 15.0 Å². The number of nitrogens with one attached hydrogen (secondary N) is 1. The highest BCUT2D eigenvalue weighted by molar-refractivity contribution is 7.91. The van der Waals surface area contributed by atoms with E-state index in [1.54, 1.807) is 4.68 Å². The SMILES string of the molecule is Cc1nc(NC(=O)c2c3c(nn2[C@@H]2CCS(=O)(=O)C2)CCC3)sc1C. The molecule has 134 valence electrons. The van der Waals surface area contributed by atoms with Gasteiger partial charge in [-0.1, -0.05) is 0 Å². The number of rotatable bonds is 3. The second-order valence-corrected chi connectivity index (χ2v) is 10.2. The second kappa shape index (κ2) is 5.91. The molecule has 2 aromatic rings. The lowest BCUT2D eigenvalue weighted by atomic mass is 10.1. The fourth-order valence-electron chi connectivity index (χ4n) is 3.57. The molecule has 1 aliphatic heterocycles. The molecule has 3 heterocycles. The molecule has 9 heteroatoms. The predicted octanol–water partition coefficient (Wildman–Crippen LogP) is 2.06. The molecule has 1 amide bonds. The van der Waals surface area contributed by atoms with Gasteiger partial charge in [-0.25, -0.2) is 13.4 Å². The third-order valence-corrected chi connectivity index (χ3v) is 7.69. The van der Waals surface area contributed by atoms with E-state index < -0.39 is 9.84 Å². The van der Waals surface area contributed by atoms with Crippen molar-refractivity contribution in [2.24, 2.45) is 0 Å². The van der Waals surface area contributed by atoms with Gasteiger partial charge in [-0.05, 0) is 39.5 Å². The normalized spacial score (nSPS) is 21.4. The Hall–Kier alpha value is -1.74. The number of nitrogens with zero attached hydrogens (tertiary/aromatic N) is 3. The minimum absolute atomic E-state index is 0.0588. The van der Waals surface area contributed by atoms with E-state index in [0.717, 1.165) is 41.1 Å². The number of sulfone groups is 1. The highest BCUT2D eigenvalue weighted by Gasteiger charge is 2.35. The fourth-order valence-corrected chi connectivity index (χ4v) is 6.07. The summed E-state index contributed by atoms with van der Waals surface area (Å²) >= 11 is 1.44. The van der Waals surface area contributed by atoms with E-state index in [4.69, 9.17) is 0 Å². The van der Waals surface area contributed by atoms with Crippen LogP contribution in [0.3, 0.4) is 0 Å². The van der Waals surface area contributed by atoms with E-state index in [9.17, 15) is 13.2 Å². The number of hydrogen-bond donors (Lipinski definition) is 1. The molecule has 4 rings (SSSR count). The predicted molar refractivity (Wildman–Crippen MR) is 96.1 cm³/mol. The fraction of sp³-hybridized carbons (Fsp3) is 0.562. The second-order valence-electron chi connectivity index (χ2n) is 6.74. The van der Waals surface area contributed by atoms with Gasteiger partial charge in [-0.15, -0.1) is 11.3 Å². The molecule has 25 heavy (non-hydrogen) atoms. The van der Waals surface area contributed by atoms with Gasteiger partial charge in [0, 0.05) is 10.4 Å². The molecule has 1 saturated heterocycles. The Kier molecular flexibility index (Phi) is 3.95. The summed E-state index contributed by atoms with van der Waals surface area (Å²) in [5.74, 6) is -0.0223. The van der Waals surface area contributed by atoms with Crippen molar-refractivity contribution in [3.8, 4) is 0 Å². The van der Waals surface area contributed by atoms with Crippen molar-refractivity contribution in [1.82, 2.24) is 14.8 Å². The summed E-state index contributed by atoms with van der Waals surface area (Å²) in [6.45, 7) is 3.88. The highest BCUT2D eigenvalue weighted by atomic mass is 32.2. The van der Waals surface area contributed by atoms with Crippen molar-refractivity contribution < 1.29 is 13.2 Å². The van der Waals surface area contributed by atoms with Gasteiger partial charge in [-0.3, -0.25) is 14.8 Å². The van der Waals surface area contributed by atoms with Gasteiger partial charge in [0.25, 0.3) is 5.91 Å². The van der Waals surface area contributed by atoms with Crippen molar-refractivity contribution >= 4 is 32.2 Å². The van der Waals surface area contributed by atoms with Crippen LogP contribution in [0.1, 0.15) is 51.2 Å². The van der Waals surface area contributed by atoms with E-state index in [2.05, 4.69) is 15.4 Å². The van der Waals surface area contributed by atoms with Crippen LogP contribution in [0.15, 0.2) is 0 Å². The lowest BCUT2D eigenvalue weighted by Gasteiger charge is -2.14. The Morgan fingerprint density at radius 3 is 2.76 bits per heavy atom. The van der Waals surface area contributed by atoms with E-state index >= 15 is 0 Å². The zero-order chi connectivity index (χ0) is 17.8. The van der Waals surface area contributed by atoms with Crippen molar-refractivity contribution in [2.45, 2.75) is 45.6 Å². The highest BCUT2D eigenvalue weighted by Crippen LogP contribution is 2.32. The Morgan fingerprint density at radius 1 is 1.32 bits per heavy atom. The summed E-state index contributed by atoms with van der Waals surface area (Å²) in [5.41, 5.74) is 3.31. The molecule has 2 aromatic heterocycles. The van der Waals surface area contributed by atoms with Crippen LogP contribution in [0.2, 0.25) is 0 Å². The van der Waals surface area contributed by atoms with Crippen molar-refractivity contribution in [3.63, 3.8) is 0 Å². The number of hydrogen-bond acceptors (Lipinski definition) is 6. The Morgan fingerprint density at radius 2 is 2.12 bits per heavy atom. The molecule has 1 atom stereocenters. The molecule has 1 N–H and O–H groups in total. The summed E-state index contributed by atoms with van der Waals surface area (Å²) in [6.07, 6.45) is 3.15. The smallest absolute Gasteiger partial charge is 0.276 e. The average Bonchev–Trinajstić information content (AvgIpc) is 3.23. The summed E-state index contributed by atoms with van der Waals surface area (Å²) < 4.78 is 25.4. The molecule has 0 spiro atoms. The van der Waals surface area contributed by atoms with Gasteiger partial charge >= 0.3 is 0 Å². The Bertz CT molecular complexity index is 939. The number of thiazole rings is 1. The van der Waals surface area contributed by atoms with Crippen LogP contribution in [0, 0.1) is 13.8 Å². The van der Waals surface area contributed by atoms with E-state index in [1.807, 2.05) is 13.8 Å². The molecule has 0 saturated carbocycles. The third-order valence-electron chi connectivity index (χ3n) is 4.95. The van der Waals surface area contributed by atoms with Gasteiger partial charge < -0.3 is 0 Å². The maximum Gasteiger partial charge on any atom is 0.276 e. The van der Waals surface area contributed by atoms with E-state index in [0.29, 0.717) is 17.2 Å². The standard InChI is InChI=1S/C16H20N4O3S2/c1-9-10(2)24-16(17-9)18-15(21)14-12-4-3-5-13(12)19-20(14)11-6-7-25(22,23)8-11/h11H,3-8H2,1-2H3,(H,17,18,21)/t11-/m1/s1. The zero-order valence-electron chi connectivity index (χ0n) is 14.2. The van der Waals surface area contributed by atoms with E-state index in [1.165, 1.54) is 11.3 Å². The molecule has 7 nitrogen and oxygen atoms in total. The first kappa shape index (κ1) is 16.7. The first-order chi connectivity index (χ1) is 11.8. The molecule has 1 aliphatic carbocycles. The molecule has 1 fully saturated rings. The van der Waals surface area contributed by atoms with Crippen LogP contribution in [0.5, 0.6) is 0 Å².